The molecule has 0 saturated heterocycles. The minimum atomic E-state index is -0.440. The van der Waals surface area contributed by atoms with Gasteiger partial charge in [-0.2, -0.15) is 0 Å². The van der Waals surface area contributed by atoms with Crippen molar-refractivity contribution in [1.82, 2.24) is 0 Å². The van der Waals surface area contributed by atoms with Crippen molar-refractivity contribution in [3.05, 3.63) is 23.8 Å². The first-order chi connectivity index (χ1) is 6.67. The van der Waals surface area contributed by atoms with Crippen LogP contribution in [-0.4, -0.2) is 23.2 Å². The van der Waals surface area contributed by atoms with Crippen molar-refractivity contribution in [2.24, 2.45) is 0 Å². The third-order valence-electron chi connectivity index (χ3n) is 1.55. The summed E-state index contributed by atoms with van der Waals surface area (Å²) in [5.74, 6) is -0.746. The van der Waals surface area contributed by atoms with E-state index in [1.54, 1.807) is 0 Å². The van der Waals surface area contributed by atoms with Crippen molar-refractivity contribution in [2.75, 3.05) is 11.2 Å². The number of phenols is 1. The summed E-state index contributed by atoms with van der Waals surface area (Å²) in [4.78, 5) is 21.3. The molecule has 0 aliphatic heterocycles. The van der Waals surface area contributed by atoms with Crippen LogP contribution in [0.15, 0.2) is 18.2 Å². The van der Waals surface area contributed by atoms with Gasteiger partial charge in [-0.3, -0.25) is 9.59 Å². The molecule has 0 aliphatic carbocycles. The van der Waals surface area contributed by atoms with Gasteiger partial charge in [0.15, 0.2) is 0 Å². The lowest BCUT2D eigenvalue weighted by molar-refractivity contribution is -0.113. The van der Waals surface area contributed by atoms with Gasteiger partial charge < -0.3 is 10.4 Å². The van der Waals surface area contributed by atoms with Crippen LogP contribution < -0.4 is 5.32 Å². The summed E-state index contributed by atoms with van der Waals surface area (Å²) in [7, 11) is 0. The Hall–Kier alpha value is -1.55. The molecular weight excluding hydrogens is 206 g/mol. The van der Waals surface area contributed by atoms with Crippen LogP contribution in [-0.2, 0) is 4.79 Å². The molecular formula is C9H8ClNO3. The maximum absolute atomic E-state index is 10.9. The molecule has 14 heavy (non-hydrogen) atoms. The fourth-order valence-corrected chi connectivity index (χ4v) is 0.978. The van der Waals surface area contributed by atoms with E-state index in [2.05, 4.69) is 5.32 Å². The SMILES string of the molecule is O=Cc1ccc(O)c(NC(=O)CCl)c1. The van der Waals surface area contributed by atoms with E-state index in [-0.39, 0.29) is 17.3 Å². The van der Waals surface area contributed by atoms with Gasteiger partial charge in [-0.15, -0.1) is 11.6 Å². The van der Waals surface area contributed by atoms with E-state index in [9.17, 15) is 14.7 Å². The van der Waals surface area contributed by atoms with Crippen molar-refractivity contribution in [1.29, 1.82) is 0 Å². The van der Waals surface area contributed by atoms with Crippen LogP contribution in [0.5, 0.6) is 5.75 Å². The fraction of sp³-hybridized carbons (Fsp3) is 0.111. The van der Waals surface area contributed by atoms with E-state index in [0.29, 0.717) is 11.8 Å². The lowest BCUT2D eigenvalue weighted by Crippen LogP contribution is -2.12. The Labute approximate surface area is 85.5 Å². The molecule has 1 amide bonds. The molecule has 0 atom stereocenters. The van der Waals surface area contributed by atoms with Crippen LogP contribution in [0.3, 0.4) is 0 Å². The lowest BCUT2D eigenvalue weighted by atomic mass is 10.2. The number of rotatable bonds is 3. The number of carbonyl (C=O) groups excluding carboxylic acids is 2. The number of halogens is 1. The molecule has 5 heteroatoms. The number of hydrogen-bond donors (Lipinski definition) is 2. The Balaban J connectivity index is 2.94. The number of benzene rings is 1. The highest BCUT2D eigenvalue weighted by atomic mass is 35.5. The Kier molecular flexibility index (Phi) is 3.48. The van der Waals surface area contributed by atoms with Crippen LogP contribution in [0.4, 0.5) is 5.69 Å². The van der Waals surface area contributed by atoms with E-state index in [1.165, 1.54) is 18.2 Å². The molecule has 4 nitrogen and oxygen atoms in total. The number of amides is 1. The summed E-state index contributed by atoms with van der Waals surface area (Å²) in [6, 6.07) is 4.14. The average Bonchev–Trinajstić information content (AvgIpc) is 2.21. The summed E-state index contributed by atoms with van der Waals surface area (Å²) in [6.45, 7) is 0. The molecule has 0 fully saturated rings. The molecule has 2 N–H and O–H groups in total. The summed E-state index contributed by atoms with van der Waals surface area (Å²) >= 11 is 5.26. The molecule has 0 radical (unpaired) electrons. The van der Waals surface area contributed by atoms with Gasteiger partial charge in [0.25, 0.3) is 0 Å². The zero-order chi connectivity index (χ0) is 10.6. The zero-order valence-electron chi connectivity index (χ0n) is 7.16. The van der Waals surface area contributed by atoms with E-state index in [1.807, 2.05) is 0 Å². The van der Waals surface area contributed by atoms with Crippen molar-refractivity contribution in [3.8, 4) is 5.75 Å². The number of aromatic hydroxyl groups is 1. The second-order valence-corrected chi connectivity index (χ2v) is 2.84. The largest absolute Gasteiger partial charge is 0.506 e. The van der Waals surface area contributed by atoms with Crippen LogP contribution >= 0.6 is 11.6 Å². The molecule has 0 saturated carbocycles. The molecule has 1 rings (SSSR count). The molecule has 1 aromatic rings. The summed E-state index contributed by atoms with van der Waals surface area (Å²) < 4.78 is 0. The minimum absolute atomic E-state index is 0.103. The summed E-state index contributed by atoms with van der Waals surface area (Å²) in [5, 5.41) is 11.7. The standard InChI is InChI=1S/C9H8ClNO3/c10-4-9(14)11-7-3-6(5-12)1-2-8(7)13/h1-3,5,13H,4H2,(H,11,14). The van der Waals surface area contributed by atoms with Crippen LogP contribution in [0, 0.1) is 0 Å². The van der Waals surface area contributed by atoms with E-state index >= 15 is 0 Å². The Morgan fingerprint density at radius 2 is 2.29 bits per heavy atom. The Morgan fingerprint density at radius 1 is 1.57 bits per heavy atom. The van der Waals surface area contributed by atoms with Gasteiger partial charge in [0.05, 0.1) is 5.69 Å². The molecule has 0 aromatic heterocycles. The van der Waals surface area contributed by atoms with Gasteiger partial charge >= 0.3 is 0 Å². The predicted molar refractivity (Wildman–Crippen MR) is 52.8 cm³/mol. The van der Waals surface area contributed by atoms with E-state index in [4.69, 9.17) is 11.6 Å². The number of nitrogens with one attached hydrogen (secondary N) is 1. The fourth-order valence-electron chi connectivity index (χ4n) is 0.911. The smallest absolute Gasteiger partial charge is 0.239 e. The molecule has 0 spiro atoms. The Morgan fingerprint density at radius 3 is 2.86 bits per heavy atom. The van der Waals surface area contributed by atoms with Crippen LogP contribution in [0.1, 0.15) is 10.4 Å². The van der Waals surface area contributed by atoms with Crippen molar-refractivity contribution >= 4 is 29.5 Å². The zero-order valence-corrected chi connectivity index (χ0v) is 7.91. The number of alkyl halides is 1. The molecule has 74 valence electrons. The molecule has 1 aromatic carbocycles. The van der Waals surface area contributed by atoms with Gasteiger partial charge in [-0.25, -0.2) is 0 Å². The number of phenolic OH excluding ortho intramolecular Hbond substituents is 1. The molecule has 0 bridgehead atoms. The van der Waals surface area contributed by atoms with E-state index in [0.717, 1.165) is 0 Å². The van der Waals surface area contributed by atoms with Gasteiger partial charge in [0, 0.05) is 5.56 Å². The normalized spacial score (nSPS) is 9.50. The number of anilines is 1. The second kappa shape index (κ2) is 4.62. The van der Waals surface area contributed by atoms with Gasteiger partial charge in [0.1, 0.15) is 17.9 Å². The van der Waals surface area contributed by atoms with Gasteiger partial charge in [-0.1, -0.05) is 0 Å². The molecule has 0 heterocycles. The highest BCUT2D eigenvalue weighted by molar-refractivity contribution is 6.29. The Bertz CT molecular complexity index is 365. The monoisotopic (exact) mass is 213 g/mol. The minimum Gasteiger partial charge on any atom is -0.506 e. The summed E-state index contributed by atoms with van der Waals surface area (Å²) in [6.07, 6.45) is 0.621. The summed E-state index contributed by atoms with van der Waals surface area (Å²) in [5.41, 5.74) is 0.549. The quantitative estimate of drug-likeness (QED) is 0.453. The second-order valence-electron chi connectivity index (χ2n) is 2.58. The highest BCUT2D eigenvalue weighted by Gasteiger charge is 2.05. The maximum atomic E-state index is 10.9. The third kappa shape index (κ3) is 2.47. The van der Waals surface area contributed by atoms with Crippen molar-refractivity contribution < 1.29 is 14.7 Å². The first-order valence-electron chi connectivity index (χ1n) is 3.81. The van der Waals surface area contributed by atoms with Gasteiger partial charge in [-0.05, 0) is 18.2 Å². The predicted octanol–water partition coefficient (Wildman–Crippen LogP) is 1.38. The third-order valence-corrected chi connectivity index (χ3v) is 1.79. The number of aldehydes is 1. The topological polar surface area (TPSA) is 66.4 Å². The van der Waals surface area contributed by atoms with Gasteiger partial charge in [0.2, 0.25) is 5.91 Å². The molecule has 0 aliphatic rings. The van der Waals surface area contributed by atoms with Crippen LogP contribution in [0.25, 0.3) is 0 Å². The maximum Gasteiger partial charge on any atom is 0.239 e. The number of carbonyl (C=O) groups is 2. The highest BCUT2D eigenvalue weighted by Crippen LogP contribution is 2.23. The van der Waals surface area contributed by atoms with E-state index < -0.39 is 5.91 Å². The number of hydrogen-bond acceptors (Lipinski definition) is 3. The average molecular weight is 214 g/mol. The van der Waals surface area contributed by atoms with Crippen LogP contribution in [0.2, 0.25) is 0 Å². The molecule has 0 unspecified atom stereocenters. The van der Waals surface area contributed by atoms with Crippen molar-refractivity contribution in [2.45, 2.75) is 0 Å². The first kappa shape index (κ1) is 10.5. The van der Waals surface area contributed by atoms with Crippen molar-refractivity contribution in [3.63, 3.8) is 0 Å². The lowest BCUT2D eigenvalue weighted by Gasteiger charge is -2.05. The first-order valence-corrected chi connectivity index (χ1v) is 4.35.